The van der Waals surface area contributed by atoms with E-state index in [9.17, 15) is 4.79 Å². The SMILES string of the molecule is CCNC(=NCc1ccc2c(c1)CCC2)NCCC(=O)N(CC)CC. The maximum Gasteiger partial charge on any atom is 0.224 e. The van der Waals surface area contributed by atoms with E-state index in [1.54, 1.807) is 0 Å². The molecule has 1 aliphatic carbocycles. The van der Waals surface area contributed by atoms with Gasteiger partial charge in [0.05, 0.1) is 6.54 Å². The predicted octanol–water partition coefficient (Wildman–Crippen LogP) is 2.49. The number of carbonyl (C=O) groups is 1. The predicted molar refractivity (Wildman–Crippen MR) is 104 cm³/mol. The number of aliphatic imine (C=N–C) groups is 1. The third kappa shape index (κ3) is 5.76. The smallest absolute Gasteiger partial charge is 0.224 e. The molecule has 0 radical (unpaired) electrons. The van der Waals surface area contributed by atoms with Gasteiger partial charge in [0.15, 0.2) is 5.96 Å². The van der Waals surface area contributed by atoms with Crippen LogP contribution in [0.1, 0.15) is 50.3 Å². The Labute approximate surface area is 151 Å². The second-order valence-electron chi connectivity index (χ2n) is 6.39. The number of nitrogens with zero attached hydrogens (tertiary/aromatic N) is 2. The maximum atomic E-state index is 12.1. The number of fused-ring (bicyclic) bond motifs is 1. The van der Waals surface area contributed by atoms with Crippen LogP contribution < -0.4 is 10.6 Å². The van der Waals surface area contributed by atoms with E-state index in [1.807, 2.05) is 25.7 Å². The van der Waals surface area contributed by atoms with E-state index in [0.717, 1.165) is 25.6 Å². The van der Waals surface area contributed by atoms with Crippen molar-refractivity contribution in [2.45, 2.75) is 53.0 Å². The van der Waals surface area contributed by atoms with Gasteiger partial charge in [-0.25, -0.2) is 4.99 Å². The molecule has 2 N–H and O–H groups in total. The van der Waals surface area contributed by atoms with Gasteiger partial charge < -0.3 is 15.5 Å². The molecule has 0 heterocycles. The minimum absolute atomic E-state index is 0.187. The first-order valence-corrected chi connectivity index (χ1v) is 9.58. The van der Waals surface area contributed by atoms with Crippen LogP contribution >= 0.6 is 0 Å². The molecule has 1 aliphatic rings. The topological polar surface area (TPSA) is 56.7 Å². The van der Waals surface area contributed by atoms with E-state index in [4.69, 9.17) is 0 Å². The Bertz CT molecular complexity index is 593. The molecule has 2 rings (SSSR count). The molecule has 5 heteroatoms. The summed E-state index contributed by atoms with van der Waals surface area (Å²) in [6.45, 7) is 9.67. The van der Waals surface area contributed by atoms with E-state index in [1.165, 1.54) is 36.0 Å². The zero-order valence-electron chi connectivity index (χ0n) is 15.9. The molecule has 0 bridgehead atoms. The van der Waals surface area contributed by atoms with Gasteiger partial charge in [0.25, 0.3) is 0 Å². The Morgan fingerprint density at radius 2 is 1.88 bits per heavy atom. The molecule has 0 atom stereocenters. The summed E-state index contributed by atoms with van der Waals surface area (Å²) in [4.78, 5) is 18.6. The van der Waals surface area contributed by atoms with E-state index < -0.39 is 0 Å². The maximum absolute atomic E-state index is 12.1. The molecule has 25 heavy (non-hydrogen) atoms. The Balaban J connectivity index is 1.86. The van der Waals surface area contributed by atoms with Crippen molar-refractivity contribution < 1.29 is 4.79 Å². The normalized spacial score (nSPS) is 13.5. The quantitative estimate of drug-likeness (QED) is 0.563. The van der Waals surface area contributed by atoms with Gasteiger partial charge in [0.1, 0.15) is 0 Å². The number of benzene rings is 1. The molecule has 0 saturated heterocycles. The fourth-order valence-electron chi connectivity index (χ4n) is 3.26. The molecule has 0 fully saturated rings. The summed E-state index contributed by atoms with van der Waals surface area (Å²) in [6, 6.07) is 6.72. The van der Waals surface area contributed by atoms with Crippen molar-refractivity contribution in [3.8, 4) is 0 Å². The summed E-state index contributed by atoms with van der Waals surface area (Å²) >= 11 is 0. The highest BCUT2D eigenvalue weighted by Crippen LogP contribution is 2.23. The van der Waals surface area contributed by atoms with Crippen molar-refractivity contribution in [2.24, 2.45) is 4.99 Å². The number of aryl methyl sites for hydroxylation is 2. The molecular formula is C20H32N4O. The fourth-order valence-corrected chi connectivity index (χ4v) is 3.26. The van der Waals surface area contributed by atoms with Crippen LogP contribution in [0.4, 0.5) is 0 Å². The van der Waals surface area contributed by atoms with Crippen LogP contribution in [0, 0.1) is 0 Å². The average molecular weight is 345 g/mol. The fraction of sp³-hybridized carbons (Fsp3) is 0.600. The number of rotatable bonds is 8. The number of hydrogen-bond acceptors (Lipinski definition) is 2. The molecule has 0 aromatic heterocycles. The Morgan fingerprint density at radius 1 is 1.12 bits per heavy atom. The Kier molecular flexibility index (Phi) is 7.76. The molecule has 1 amide bonds. The number of nitrogens with one attached hydrogen (secondary N) is 2. The Morgan fingerprint density at radius 3 is 2.60 bits per heavy atom. The van der Waals surface area contributed by atoms with Crippen LogP contribution in [0.5, 0.6) is 0 Å². The van der Waals surface area contributed by atoms with Crippen molar-refractivity contribution in [1.29, 1.82) is 0 Å². The first-order chi connectivity index (χ1) is 12.2. The minimum Gasteiger partial charge on any atom is -0.357 e. The second-order valence-corrected chi connectivity index (χ2v) is 6.39. The number of hydrogen-bond donors (Lipinski definition) is 2. The van der Waals surface area contributed by atoms with Gasteiger partial charge in [-0.1, -0.05) is 18.2 Å². The van der Waals surface area contributed by atoms with Gasteiger partial charge in [-0.2, -0.15) is 0 Å². The molecule has 0 saturated carbocycles. The zero-order valence-corrected chi connectivity index (χ0v) is 15.9. The molecule has 0 aliphatic heterocycles. The standard InChI is InChI=1S/C20H32N4O/c1-4-21-20(22-13-12-19(25)24(5-2)6-3)23-15-16-10-11-17-8-7-9-18(17)14-16/h10-11,14H,4-9,12-13,15H2,1-3H3,(H2,21,22,23). The van der Waals surface area contributed by atoms with E-state index >= 15 is 0 Å². The van der Waals surface area contributed by atoms with Gasteiger partial charge in [-0.3, -0.25) is 4.79 Å². The van der Waals surface area contributed by atoms with Gasteiger partial charge in [0.2, 0.25) is 5.91 Å². The number of carbonyl (C=O) groups excluding carboxylic acids is 1. The van der Waals surface area contributed by atoms with Crippen LogP contribution in [0.3, 0.4) is 0 Å². The highest BCUT2D eigenvalue weighted by Gasteiger charge is 2.11. The third-order valence-electron chi connectivity index (χ3n) is 4.67. The average Bonchev–Trinajstić information content (AvgIpc) is 3.08. The first kappa shape index (κ1) is 19.3. The van der Waals surface area contributed by atoms with Gasteiger partial charge in [-0.15, -0.1) is 0 Å². The molecular weight excluding hydrogens is 312 g/mol. The lowest BCUT2D eigenvalue weighted by molar-refractivity contribution is -0.130. The second kappa shape index (κ2) is 10.1. The molecule has 1 aromatic carbocycles. The van der Waals surface area contributed by atoms with Crippen LogP contribution in [0.2, 0.25) is 0 Å². The van der Waals surface area contributed by atoms with Gasteiger partial charge in [0, 0.05) is 32.6 Å². The van der Waals surface area contributed by atoms with Crippen molar-refractivity contribution in [3.63, 3.8) is 0 Å². The lowest BCUT2D eigenvalue weighted by Crippen LogP contribution is -2.40. The van der Waals surface area contributed by atoms with E-state index in [2.05, 4.69) is 33.8 Å². The third-order valence-corrected chi connectivity index (χ3v) is 4.67. The van der Waals surface area contributed by atoms with Crippen LogP contribution in [0.25, 0.3) is 0 Å². The highest BCUT2D eigenvalue weighted by molar-refractivity contribution is 5.81. The summed E-state index contributed by atoms with van der Waals surface area (Å²) in [5.74, 6) is 0.960. The largest absolute Gasteiger partial charge is 0.357 e. The highest BCUT2D eigenvalue weighted by atomic mass is 16.2. The van der Waals surface area contributed by atoms with Crippen molar-refractivity contribution in [2.75, 3.05) is 26.2 Å². The first-order valence-electron chi connectivity index (χ1n) is 9.58. The van der Waals surface area contributed by atoms with E-state index in [0.29, 0.717) is 19.5 Å². The minimum atomic E-state index is 0.187. The number of amides is 1. The van der Waals surface area contributed by atoms with Crippen LogP contribution in [-0.2, 0) is 24.2 Å². The zero-order chi connectivity index (χ0) is 18.1. The summed E-state index contributed by atoms with van der Waals surface area (Å²) < 4.78 is 0. The number of guanidine groups is 1. The lowest BCUT2D eigenvalue weighted by atomic mass is 10.1. The molecule has 0 spiro atoms. The summed E-state index contributed by atoms with van der Waals surface area (Å²) in [5.41, 5.74) is 4.22. The molecule has 0 unspecified atom stereocenters. The molecule has 138 valence electrons. The Hall–Kier alpha value is -2.04. The van der Waals surface area contributed by atoms with Crippen LogP contribution in [-0.4, -0.2) is 42.9 Å². The van der Waals surface area contributed by atoms with Gasteiger partial charge in [-0.05, 0) is 56.7 Å². The lowest BCUT2D eigenvalue weighted by Gasteiger charge is -2.19. The molecule has 5 nitrogen and oxygen atoms in total. The van der Waals surface area contributed by atoms with Gasteiger partial charge >= 0.3 is 0 Å². The van der Waals surface area contributed by atoms with Crippen molar-refractivity contribution in [1.82, 2.24) is 15.5 Å². The van der Waals surface area contributed by atoms with E-state index in [-0.39, 0.29) is 5.91 Å². The summed E-state index contributed by atoms with van der Waals surface area (Å²) in [5, 5.41) is 6.52. The monoisotopic (exact) mass is 344 g/mol. The van der Waals surface area contributed by atoms with Crippen molar-refractivity contribution >= 4 is 11.9 Å². The van der Waals surface area contributed by atoms with Crippen molar-refractivity contribution in [3.05, 3.63) is 34.9 Å². The molecule has 1 aromatic rings. The summed E-state index contributed by atoms with van der Waals surface area (Å²) in [7, 11) is 0. The summed E-state index contributed by atoms with van der Waals surface area (Å²) in [6.07, 6.45) is 4.17. The van der Waals surface area contributed by atoms with Crippen LogP contribution in [0.15, 0.2) is 23.2 Å².